The van der Waals surface area contributed by atoms with Crippen molar-refractivity contribution in [1.82, 2.24) is 20.2 Å². The van der Waals surface area contributed by atoms with Gasteiger partial charge in [0.25, 0.3) is 0 Å². The molecule has 0 bridgehead atoms. The number of nitrogens with one attached hydrogen (secondary N) is 2. The lowest BCUT2D eigenvalue weighted by atomic mass is 10.1. The van der Waals surface area contributed by atoms with Crippen LogP contribution in [-0.4, -0.2) is 20.2 Å². The van der Waals surface area contributed by atoms with Crippen LogP contribution in [0, 0.1) is 0 Å². The summed E-state index contributed by atoms with van der Waals surface area (Å²) in [6.07, 6.45) is 0. The minimum Gasteiger partial charge on any atom is -0.322 e. The van der Waals surface area contributed by atoms with E-state index in [-0.39, 0.29) is 0 Å². The number of hydrogen-bond donors (Lipinski definition) is 2. The van der Waals surface area contributed by atoms with Gasteiger partial charge in [-0.3, -0.25) is 5.10 Å². The van der Waals surface area contributed by atoms with Gasteiger partial charge in [-0.1, -0.05) is 42.5 Å². The van der Waals surface area contributed by atoms with Crippen molar-refractivity contribution in [2.24, 2.45) is 0 Å². The summed E-state index contributed by atoms with van der Waals surface area (Å²) < 4.78 is 13.1. The van der Waals surface area contributed by atoms with Crippen molar-refractivity contribution in [3.05, 3.63) is 78.4 Å². The number of anilines is 2. The lowest BCUT2D eigenvalue weighted by Crippen LogP contribution is -2.00. The Bertz CT molecular complexity index is 1290. The molecule has 0 atom stereocenters. The predicted molar refractivity (Wildman–Crippen MR) is 109 cm³/mol. The Morgan fingerprint density at radius 2 is 1.64 bits per heavy atom. The molecule has 136 valence electrons. The van der Waals surface area contributed by atoms with E-state index in [1.54, 1.807) is 12.1 Å². The van der Waals surface area contributed by atoms with E-state index in [2.05, 4.69) is 20.5 Å². The Labute approximate surface area is 160 Å². The smallest absolute Gasteiger partial charge is 0.162 e. The Hall–Kier alpha value is -3.80. The summed E-state index contributed by atoms with van der Waals surface area (Å²) in [7, 11) is 0. The summed E-state index contributed by atoms with van der Waals surface area (Å²) in [6, 6.07) is 22.9. The average Bonchev–Trinajstić information content (AvgIpc) is 3.16. The molecule has 6 heteroatoms. The highest BCUT2D eigenvalue weighted by molar-refractivity contribution is 5.96. The first-order valence-electron chi connectivity index (χ1n) is 8.94. The number of nitrogens with zero attached hydrogens (tertiary/aromatic N) is 3. The number of rotatable bonds is 4. The molecule has 0 aliphatic carbocycles. The van der Waals surface area contributed by atoms with Crippen LogP contribution in [0.2, 0.25) is 0 Å². The molecular weight excluding hydrogens is 353 g/mol. The number of aromatic nitrogens is 4. The minimum atomic E-state index is -0.522. The fourth-order valence-electron chi connectivity index (χ4n) is 3.27. The first kappa shape index (κ1) is 16.4. The van der Waals surface area contributed by atoms with Gasteiger partial charge in [0.2, 0.25) is 0 Å². The van der Waals surface area contributed by atoms with Crippen molar-refractivity contribution in [1.29, 1.82) is 0 Å². The number of H-pyrrole nitrogens is 1. The van der Waals surface area contributed by atoms with E-state index in [4.69, 9.17) is 4.98 Å². The lowest BCUT2D eigenvalue weighted by molar-refractivity contribution is 0.485. The molecule has 2 heterocycles. The molecule has 2 N–H and O–H groups in total. The molecule has 0 unspecified atom stereocenters. The molecule has 0 spiro atoms. The number of para-hydroxylation sites is 2. The second kappa shape index (κ2) is 6.74. The van der Waals surface area contributed by atoms with Crippen LogP contribution >= 0.6 is 0 Å². The van der Waals surface area contributed by atoms with Crippen LogP contribution in [0.3, 0.4) is 0 Å². The van der Waals surface area contributed by atoms with Gasteiger partial charge in [0.15, 0.2) is 11.6 Å². The molecule has 5 rings (SSSR count). The Kier molecular flexibility index (Phi) is 3.94. The zero-order valence-corrected chi connectivity index (χ0v) is 14.9. The SMILES string of the molecule is FCc1cccc(-c2nc(Nc3n[nH]c4ccccc34)c3ccccc3n2)c1. The molecule has 5 aromatic rings. The maximum absolute atomic E-state index is 13.1. The predicted octanol–water partition coefficient (Wildman–Crippen LogP) is 5.39. The van der Waals surface area contributed by atoms with Crippen molar-refractivity contribution >= 4 is 33.4 Å². The van der Waals surface area contributed by atoms with E-state index in [1.807, 2.05) is 60.7 Å². The zero-order valence-electron chi connectivity index (χ0n) is 14.9. The standard InChI is InChI=1S/C22H16FN5/c23-13-14-6-5-7-15(12-14)20-24-18-10-3-1-8-16(18)21(25-20)26-22-17-9-2-4-11-19(17)27-28-22/h1-12H,13H2,(H2,24,25,26,27,28). The van der Waals surface area contributed by atoms with Crippen molar-refractivity contribution in [3.8, 4) is 11.4 Å². The van der Waals surface area contributed by atoms with Crippen LogP contribution < -0.4 is 5.32 Å². The molecule has 0 aliphatic heterocycles. The maximum atomic E-state index is 13.1. The van der Waals surface area contributed by atoms with Crippen LogP contribution in [0.25, 0.3) is 33.2 Å². The summed E-state index contributed by atoms with van der Waals surface area (Å²) in [5.74, 6) is 1.89. The van der Waals surface area contributed by atoms with E-state index in [9.17, 15) is 4.39 Å². The van der Waals surface area contributed by atoms with Gasteiger partial charge >= 0.3 is 0 Å². The van der Waals surface area contributed by atoms with Gasteiger partial charge in [-0.05, 0) is 35.9 Å². The van der Waals surface area contributed by atoms with Crippen molar-refractivity contribution in [3.63, 3.8) is 0 Å². The van der Waals surface area contributed by atoms with Crippen LogP contribution in [0.15, 0.2) is 72.8 Å². The number of fused-ring (bicyclic) bond motifs is 2. The second-order valence-electron chi connectivity index (χ2n) is 6.49. The molecule has 0 saturated heterocycles. The summed E-state index contributed by atoms with van der Waals surface area (Å²) in [4.78, 5) is 9.40. The fourth-order valence-corrected chi connectivity index (χ4v) is 3.27. The molecule has 0 fully saturated rings. The first-order valence-corrected chi connectivity index (χ1v) is 8.94. The Morgan fingerprint density at radius 3 is 2.54 bits per heavy atom. The van der Waals surface area contributed by atoms with Crippen molar-refractivity contribution < 1.29 is 4.39 Å². The molecule has 0 aliphatic rings. The normalized spacial score (nSPS) is 11.2. The molecule has 5 nitrogen and oxygen atoms in total. The summed E-state index contributed by atoms with van der Waals surface area (Å²) in [5, 5.41) is 12.6. The maximum Gasteiger partial charge on any atom is 0.162 e. The van der Waals surface area contributed by atoms with Crippen LogP contribution in [0.4, 0.5) is 16.0 Å². The van der Waals surface area contributed by atoms with Gasteiger partial charge < -0.3 is 5.32 Å². The van der Waals surface area contributed by atoms with E-state index >= 15 is 0 Å². The molecule has 3 aromatic carbocycles. The van der Waals surface area contributed by atoms with E-state index in [0.717, 1.165) is 27.4 Å². The van der Waals surface area contributed by atoms with E-state index in [0.29, 0.717) is 23.0 Å². The highest BCUT2D eigenvalue weighted by Gasteiger charge is 2.12. The van der Waals surface area contributed by atoms with Crippen LogP contribution in [0.5, 0.6) is 0 Å². The fraction of sp³-hybridized carbons (Fsp3) is 0.0455. The topological polar surface area (TPSA) is 66.5 Å². The summed E-state index contributed by atoms with van der Waals surface area (Å²) in [6.45, 7) is -0.522. The van der Waals surface area contributed by atoms with Crippen LogP contribution in [0.1, 0.15) is 5.56 Å². The van der Waals surface area contributed by atoms with Gasteiger partial charge in [0, 0.05) is 16.3 Å². The van der Waals surface area contributed by atoms with Gasteiger partial charge in [-0.25, -0.2) is 14.4 Å². The monoisotopic (exact) mass is 369 g/mol. The zero-order chi connectivity index (χ0) is 18.9. The minimum absolute atomic E-state index is 0.522. The number of halogens is 1. The highest BCUT2D eigenvalue weighted by atomic mass is 19.1. The summed E-state index contributed by atoms with van der Waals surface area (Å²) >= 11 is 0. The average molecular weight is 369 g/mol. The summed E-state index contributed by atoms with van der Waals surface area (Å²) in [5.41, 5.74) is 3.12. The van der Waals surface area contributed by atoms with Gasteiger partial charge in [-0.2, -0.15) is 5.10 Å². The third kappa shape index (κ3) is 2.85. The van der Waals surface area contributed by atoms with E-state index in [1.165, 1.54) is 0 Å². The largest absolute Gasteiger partial charge is 0.322 e. The van der Waals surface area contributed by atoms with Crippen molar-refractivity contribution in [2.75, 3.05) is 5.32 Å². The highest BCUT2D eigenvalue weighted by Crippen LogP contribution is 2.29. The number of aromatic amines is 1. The van der Waals surface area contributed by atoms with Gasteiger partial charge in [0.05, 0.1) is 11.0 Å². The molecule has 0 radical (unpaired) electrons. The second-order valence-corrected chi connectivity index (χ2v) is 6.49. The first-order chi connectivity index (χ1) is 13.8. The van der Waals surface area contributed by atoms with Crippen molar-refractivity contribution in [2.45, 2.75) is 6.67 Å². The molecular formula is C22H16FN5. The quantitative estimate of drug-likeness (QED) is 0.446. The molecule has 2 aromatic heterocycles. The van der Waals surface area contributed by atoms with Gasteiger partial charge in [-0.15, -0.1) is 0 Å². The molecule has 0 amide bonds. The lowest BCUT2D eigenvalue weighted by Gasteiger charge is -2.10. The number of hydrogen-bond acceptors (Lipinski definition) is 4. The van der Waals surface area contributed by atoms with Gasteiger partial charge in [0.1, 0.15) is 12.5 Å². The van der Waals surface area contributed by atoms with E-state index < -0.39 is 6.67 Å². The Balaban J connectivity index is 1.66. The molecule has 0 saturated carbocycles. The third-order valence-corrected chi connectivity index (χ3v) is 4.65. The molecule has 28 heavy (non-hydrogen) atoms. The Morgan fingerprint density at radius 1 is 0.821 bits per heavy atom. The number of benzene rings is 3. The van der Waals surface area contributed by atoms with Crippen LogP contribution in [-0.2, 0) is 6.67 Å². The number of alkyl halides is 1. The third-order valence-electron chi connectivity index (χ3n) is 4.65.